The Morgan fingerprint density at radius 2 is 2.21 bits per heavy atom. The Kier molecular flexibility index (Phi) is 8.04. The summed E-state index contributed by atoms with van der Waals surface area (Å²) in [6.45, 7) is 1.50. The van der Waals surface area contributed by atoms with Crippen LogP contribution in [0.5, 0.6) is 0 Å². The Morgan fingerprint density at radius 3 is 2.89 bits per heavy atom. The largest absolute Gasteiger partial charge is 0.396 e. The van der Waals surface area contributed by atoms with Crippen LogP contribution < -0.4 is 5.32 Å². The second-order valence-electron chi connectivity index (χ2n) is 3.90. The molecular weight excluding hydrogens is 332 g/mol. The minimum atomic E-state index is -0.362. The van der Waals surface area contributed by atoms with Crippen LogP contribution in [-0.4, -0.2) is 34.7 Å². The first-order valence-corrected chi connectivity index (χ1v) is 7.92. The van der Waals surface area contributed by atoms with Crippen LogP contribution in [-0.2, 0) is 6.54 Å². The van der Waals surface area contributed by atoms with Crippen LogP contribution in [0.2, 0.25) is 0 Å². The number of nitro groups is 1. The van der Waals surface area contributed by atoms with Gasteiger partial charge in [-0.25, -0.2) is 0 Å². The molecule has 0 amide bonds. The van der Waals surface area contributed by atoms with Crippen molar-refractivity contribution in [2.45, 2.75) is 13.0 Å². The van der Waals surface area contributed by atoms with Crippen molar-refractivity contribution in [1.29, 1.82) is 0 Å². The van der Waals surface area contributed by atoms with Gasteiger partial charge in [-0.1, -0.05) is 15.9 Å². The van der Waals surface area contributed by atoms with Gasteiger partial charge in [-0.05, 0) is 24.3 Å². The molecule has 1 aromatic rings. The van der Waals surface area contributed by atoms with Crippen molar-refractivity contribution in [2.75, 3.05) is 24.7 Å². The van der Waals surface area contributed by atoms with Crippen molar-refractivity contribution in [2.24, 2.45) is 0 Å². The lowest BCUT2D eigenvalue weighted by atomic mass is 10.2. The fourth-order valence-corrected chi connectivity index (χ4v) is 2.74. The van der Waals surface area contributed by atoms with Gasteiger partial charge in [0, 0.05) is 41.6 Å². The molecule has 0 unspecified atom stereocenters. The average molecular weight is 349 g/mol. The highest BCUT2D eigenvalue weighted by atomic mass is 79.9. The first-order valence-electron chi connectivity index (χ1n) is 5.97. The molecule has 0 saturated carbocycles. The van der Waals surface area contributed by atoms with Gasteiger partial charge in [0.25, 0.3) is 5.69 Å². The summed E-state index contributed by atoms with van der Waals surface area (Å²) in [5.74, 6) is 1.87. The monoisotopic (exact) mass is 348 g/mol. The van der Waals surface area contributed by atoms with Gasteiger partial charge in [-0.2, -0.15) is 11.8 Å². The van der Waals surface area contributed by atoms with Gasteiger partial charge in [-0.15, -0.1) is 0 Å². The van der Waals surface area contributed by atoms with E-state index in [-0.39, 0.29) is 17.2 Å². The highest BCUT2D eigenvalue weighted by Crippen LogP contribution is 2.22. The van der Waals surface area contributed by atoms with Crippen LogP contribution in [0.25, 0.3) is 0 Å². The lowest BCUT2D eigenvalue weighted by Crippen LogP contribution is -2.17. The van der Waals surface area contributed by atoms with Gasteiger partial charge in [0.1, 0.15) is 0 Å². The number of hydrogen-bond acceptors (Lipinski definition) is 5. The van der Waals surface area contributed by atoms with E-state index in [1.807, 2.05) is 0 Å². The van der Waals surface area contributed by atoms with Crippen LogP contribution in [0.3, 0.4) is 0 Å². The Morgan fingerprint density at radius 1 is 1.42 bits per heavy atom. The zero-order valence-electron chi connectivity index (χ0n) is 10.5. The molecular formula is C12H17BrN2O3S. The molecule has 0 aliphatic carbocycles. The lowest BCUT2D eigenvalue weighted by molar-refractivity contribution is -0.385. The second-order valence-corrected chi connectivity index (χ2v) is 6.04. The molecule has 7 heteroatoms. The van der Waals surface area contributed by atoms with Gasteiger partial charge in [0.2, 0.25) is 0 Å². The van der Waals surface area contributed by atoms with Gasteiger partial charge in [-0.3, -0.25) is 10.1 Å². The van der Waals surface area contributed by atoms with Gasteiger partial charge >= 0.3 is 0 Å². The summed E-state index contributed by atoms with van der Waals surface area (Å²) in [6, 6.07) is 4.95. The fourth-order valence-electron chi connectivity index (χ4n) is 1.51. The highest BCUT2D eigenvalue weighted by Gasteiger charge is 2.12. The molecule has 0 aromatic heterocycles. The molecule has 106 valence electrons. The number of halogens is 1. The maximum atomic E-state index is 10.9. The molecule has 0 aliphatic rings. The van der Waals surface area contributed by atoms with E-state index in [0.29, 0.717) is 12.1 Å². The number of nitrogens with one attached hydrogen (secondary N) is 1. The first kappa shape index (κ1) is 16.4. The molecule has 1 aromatic carbocycles. The van der Waals surface area contributed by atoms with Crippen molar-refractivity contribution in [3.8, 4) is 0 Å². The van der Waals surface area contributed by atoms with E-state index < -0.39 is 0 Å². The number of benzene rings is 1. The van der Waals surface area contributed by atoms with Crippen LogP contribution in [0.4, 0.5) is 5.69 Å². The summed E-state index contributed by atoms with van der Waals surface area (Å²) in [5.41, 5.74) is 0.823. The van der Waals surface area contributed by atoms with Crippen molar-refractivity contribution in [3.63, 3.8) is 0 Å². The first-order chi connectivity index (χ1) is 9.15. The lowest BCUT2D eigenvalue weighted by Gasteiger charge is -2.06. The summed E-state index contributed by atoms with van der Waals surface area (Å²) in [4.78, 5) is 10.5. The van der Waals surface area contributed by atoms with Gasteiger partial charge in [0.05, 0.1) is 4.92 Å². The highest BCUT2D eigenvalue weighted by molar-refractivity contribution is 9.10. The predicted molar refractivity (Wildman–Crippen MR) is 81.5 cm³/mol. The molecule has 0 radical (unpaired) electrons. The third-order valence-corrected chi connectivity index (χ3v) is 3.99. The SMILES string of the molecule is O=[N+]([O-])c1ccc(Br)cc1CNCCSCCCO. The Labute approximate surface area is 125 Å². The molecule has 19 heavy (non-hydrogen) atoms. The van der Waals surface area contributed by atoms with E-state index in [2.05, 4.69) is 21.2 Å². The minimum absolute atomic E-state index is 0.142. The van der Waals surface area contributed by atoms with Crippen molar-refractivity contribution in [3.05, 3.63) is 38.3 Å². The molecule has 0 fully saturated rings. The van der Waals surface area contributed by atoms with Crippen LogP contribution >= 0.6 is 27.7 Å². The smallest absolute Gasteiger partial charge is 0.273 e. The molecule has 0 atom stereocenters. The average Bonchev–Trinajstić information content (AvgIpc) is 2.37. The minimum Gasteiger partial charge on any atom is -0.396 e. The van der Waals surface area contributed by atoms with Crippen molar-refractivity contribution < 1.29 is 10.0 Å². The van der Waals surface area contributed by atoms with Crippen LogP contribution in [0.15, 0.2) is 22.7 Å². The molecule has 5 nitrogen and oxygen atoms in total. The second kappa shape index (κ2) is 9.30. The maximum Gasteiger partial charge on any atom is 0.273 e. The van der Waals surface area contributed by atoms with E-state index in [9.17, 15) is 10.1 Å². The van der Waals surface area contributed by atoms with Crippen molar-refractivity contribution >= 4 is 33.4 Å². The topological polar surface area (TPSA) is 75.4 Å². The van der Waals surface area contributed by atoms with E-state index in [4.69, 9.17) is 5.11 Å². The van der Waals surface area contributed by atoms with Crippen LogP contribution in [0.1, 0.15) is 12.0 Å². The number of hydrogen-bond donors (Lipinski definition) is 2. The summed E-state index contributed by atoms with van der Waals surface area (Å²) < 4.78 is 0.840. The van der Waals surface area contributed by atoms with Crippen molar-refractivity contribution in [1.82, 2.24) is 5.32 Å². The van der Waals surface area contributed by atoms with Gasteiger partial charge < -0.3 is 10.4 Å². The summed E-state index contributed by atoms with van der Waals surface area (Å²) in [5, 5.41) is 22.7. The number of thioether (sulfide) groups is 1. The number of aliphatic hydroxyl groups is 1. The zero-order valence-corrected chi connectivity index (χ0v) is 12.9. The molecule has 0 spiro atoms. The van der Waals surface area contributed by atoms with E-state index in [1.165, 1.54) is 6.07 Å². The molecule has 0 bridgehead atoms. The standard InChI is InChI=1S/C12H17BrN2O3S/c13-11-2-3-12(15(17)18)10(8-11)9-14-4-7-19-6-1-5-16/h2-3,8,14,16H,1,4-7,9H2. The third kappa shape index (κ3) is 6.38. The zero-order chi connectivity index (χ0) is 14.1. The number of aliphatic hydroxyl groups excluding tert-OH is 1. The Bertz CT molecular complexity index is 418. The normalized spacial score (nSPS) is 10.6. The molecule has 0 aliphatic heterocycles. The molecule has 2 N–H and O–H groups in total. The van der Waals surface area contributed by atoms with Gasteiger partial charge in [0.15, 0.2) is 0 Å². The molecule has 0 heterocycles. The van der Waals surface area contributed by atoms with E-state index in [1.54, 1.807) is 23.9 Å². The van der Waals surface area contributed by atoms with E-state index >= 15 is 0 Å². The predicted octanol–water partition coefficient (Wildman–Crippen LogP) is 2.56. The fraction of sp³-hybridized carbons (Fsp3) is 0.500. The summed E-state index contributed by atoms with van der Waals surface area (Å²) in [6.07, 6.45) is 0.807. The number of nitro benzene ring substituents is 1. The molecule has 0 saturated heterocycles. The summed E-state index contributed by atoms with van der Waals surface area (Å²) in [7, 11) is 0. The number of rotatable bonds is 9. The Balaban J connectivity index is 2.36. The third-order valence-electron chi connectivity index (χ3n) is 2.42. The van der Waals surface area contributed by atoms with E-state index in [0.717, 1.165) is 28.9 Å². The number of nitrogens with zero attached hydrogens (tertiary/aromatic N) is 1. The Hall–Kier alpha value is -0.630. The maximum absolute atomic E-state index is 10.9. The quantitative estimate of drug-likeness (QED) is 0.407. The molecule has 1 rings (SSSR count). The summed E-state index contributed by atoms with van der Waals surface area (Å²) >= 11 is 5.08. The van der Waals surface area contributed by atoms with Crippen LogP contribution in [0, 0.1) is 10.1 Å².